The Morgan fingerprint density at radius 3 is 2.94 bits per heavy atom. The largest absolute Gasteiger partial charge is 0.342 e. The molecule has 1 amide bonds. The number of hydrogen-bond donors (Lipinski definition) is 2. The normalized spacial score (nSPS) is 34.1. The molecular formula is C14H25N3O. The zero-order chi connectivity index (χ0) is 13.2. The molecule has 0 aromatic carbocycles. The quantitative estimate of drug-likeness (QED) is 0.806. The molecule has 1 saturated heterocycles. The summed E-state index contributed by atoms with van der Waals surface area (Å²) in [5, 5.41) is 6.24. The summed E-state index contributed by atoms with van der Waals surface area (Å²) in [7, 11) is 0. The highest BCUT2D eigenvalue weighted by atomic mass is 16.2. The second-order valence-corrected chi connectivity index (χ2v) is 6.08. The van der Waals surface area contributed by atoms with Gasteiger partial charge >= 0.3 is 0 Å². The van der Waals surface area contributed by atoms with Crippen LogP contribution in [0.1, 0.15) is 52.9 Å². The summed E-state index contributed by atoms with van der Waals surface area (Å²) in [6.07, 6.45) is 5.51. The van der Waals surface area contributed by atoms with Crippen LogP contribution in [0.5, 0.6) is 0 Å². The third kappa shape index (κ3) is 2.68. The molecule has 1 saturated carbocycles. The van der Waals surface area contributed by atoms with Crippen molar-refractivity contribution in [2.75, 3.05) is 6.54 Å². The van der Waals surface area contributed by atoms with Crippen LogP contribution in [0.4, 0.5) is 0 Å². The predicted molar refractivity (Wildman–Crippen MR) is 73.4 cm³/mol. The SMILES string of the molecule is CCN=C1NC(=O)C2(CCCC(CC(C)C)C2)N1. The topological polar surface area (TPSA) is 53.5 Å². The zero-order valence-electron chi connectivity index (χ0n) is 11.8. The molecule has 18 heavy (non-hydrogen) atoms. The molecule has 4 heteroatoms. The highest BCUT2D eigenvalue weighted by molar-refractivity contribution is 6.09. The summed E-state index contributed by atoms with van der Waals surface area (Å²) in [6.45, 7) is 7.20. The van der Waals surface area contributed by atoms with Gasteiger partial charge in [0.1, 0.15) is 5.54 Å². The van der Waals surface area contributed by atoms with Gasteiger partial charge < -0.3 is 5.32 Å². The number of guanidine groups is 1. The molecule has 2 atom stereocenters. The van der Waals surface area contributed by atoms with E-state index in [1.807, 2.05) is 6.92 Å². The third-order valence-corrected chi connectivity index (χ3v) is 4.00. The number of hydrogen-bond acceptors (Lipinski definition) is 2. The van der Waals surface area contributed by atoms with Gasteiger partial charge in [-0.25, -0.2) is 0 Å². The van der Waals surface area contributed by atoms with E-state index in [4.69, 9.17) is 0 Å². The molecule has 0 aromatic heterocycles. The summed E-state index contributed by atoms with van der Waals surface area (Å²) in [4.78, 5) is 16.5. The van der Waals surface area contributed by atoms with Crippen LogP contribution in [0.15, 0.2) is 4.99 Å². The van der Waals surface area contributed by atoms with Crippen molar-refractivity contribution in [2.24, 2.45) is 16.8 Å². The first-order chi connectivity index (χ1) is 8.55. The zero-order valence-corrected chi connectivity index (χ0v) is 11.8. The number of aliphatic imine (C=N–C) groups is 1. The Hall–Kier alpha value is -1.06. The summed E-state index contributed by atoms with van der Waals surface area (Å²) in [6, 6.07) is 0. The second kappa shape index (κ2) is 5.29. The Morgan fingerprint density at radius 2 is 2.28 bits per heavy atom. The fourth-order valence-corrected chi connectivity index (χ4v) is 3.36. The molecule has 0 radical (unpaired) electrons. The molecule has 0 aromatic rings. The van der Waals surface area contributed by atoms with Crippen molar-refractivity contribution in [2.45, 2.75) is 58.4 Å². The van der Waals surface area contributed by atoms with Gasteiger partial charge in [0, 0.05) is 6.54 Å². The summed E-state index contributed by atoms with van der Waals surface area (Å²) in [5.74, 6) is 2.17. The molecule has 1 aliphatic heterocycles. The number of nitrogens with one attached hydrogen (secondary N) is 2. The first-order valence-corrected chi connectivity index (χ1v) is 7.20. The van der Waals surface area contributed by atoms with Gasteiger partial charge in [-0.2, -0.15) is 0 Å². The van der Waals surface area contributed by atoms with E-state index in [9.17, 15) is 4.79 Å². The van der Waals surface area contributed by atoms with Crippen molar-refractivity contribution in [3.05, 3.63) is 0 Å². The summed E-state index contributed by atoms with van der Waals surface area (Å²) in [5.41, 5.74) is -0.369. The predicted octanol–water partition coefficient (Wildman–Crippen LogP) is 2.06. The van der Waals surface area contributed by atoms with Gasteiger partial charge in [0.05, 0.1) is 0 Å². The van der Waals surface area contributed by atoms with Gasteiger partial charge in [-0.3, -0.25) is 15.1 Å². The Balaban J connectivity index is 2.07. The molecule has 2 N–H and O–H groups in total. The van der Waals surface area contributed by atoms with Gasteiger partial charge in [-0.05, 0) is 38.0 Å². The van der Waals surface area contributed by atoms with E-state index in [1.165, 1.54) is 12.8 Å². The summed E-state index contributed by atoms with van der Waals surface area (Å²) >= 11 is 0. The molecular weight excluding hydrogens is 226 g/mol. The van der Waals surface area contributed by atoms with Crippen LogP contribution in [0.2, 0.25) is 0 Å². The highest BCUT2D eigenvalue weighted by Crippen LogP contribution is 2.37. The van der Waals surface area contributed by atoms with Crippen LogP contribution in [0.3, 0.4) is 0 Å². The lowest BCUT2D eigenvalue weighted by molar-refractivity contribution is -0.125. The molecule has 1 heterocycles. The van der Waals surface area contributed by atoms with Crippen molar-refractivity contribution in [1.29, 1.82) is 0 Å². The average Bonchev–Trinajstić information content (AvgIpc) is 2.55. The minimum Gasteiger partial charge on any atom is -0.342 e. The van der Waals surface area contributed by atoms with Gasteiger partial charge in [0.15, 0.2) is 5.96 Å². The smallest absolute Gasteiger partial charge is 0.252 e. The molecule has 0 bridgehead atoms. The van der Waals surface area contributed by atoms with E-state index in [-0.39, 0.29) is 11.4 Å². The summed E-state index contributed by atoms with van der Waals surface area (Å²) < 4.78 is 0. The minimum atomic E-state index is -0.369. The Bertz CT molecular complexity index is 351. The fraction of sp³-hybridized carbons (Fsp3) is 0.857. The fourth-order valence-electron chi connectivity index (χ4n) is 3.36. The first-order valence-electron chi connectivity index (χ1n) is 7.20. The molecule has 2 rings (SSSR count). The number of amides is 1. The Morgan fingerprint density at radius 1 is 1.50 bits per heavy atom. The van der Waals surface area contributed by atoms with Gasteiger partial charge in [0.25, 0.3) is 5.91 Å². The van der Waals surface area contributed by atoms with E-state index in [1.54, 1.807) is 0 Å². The van der Waals surface area contributed by atoms with Crippen molar-refractivity contribution >= 4 is 11.9 Å². The van der Waals surface area contributed by atoms with E-state index in [0.717, 1.165) is 19.3 Å². The maximum atomic E-state index is 12.2. The van der Waals surface area contributed by atoms with Crippen molar-refractivity contribution < 1.29 is 4.79 Å². The lowest BCUT2D eigenvalue weighted by atomic mass is 9.73. The van der Waals surface area contributed by atoms with E-state index >= 15 is 0 Å². The van der Waals surface area contributed by atoms with Crippen LogP contribution in [-0.4, -0.2) is 24.0 Å². The van der Waals surface area contributed by atoms with E-state index in [0.29, 0.717) is 24.3 Å². The first kappa shape index (κ1) is 13.4. The molecule has 2 fully saturated rings. The van der Waals surface area contributed by atoms with Crippen molar-refractivity contribution in [1.82, 2.24) is 10.6 Å². The van der Waals surface area contributed by atoms with Crippen LogP contribution < -0.4 is 10.6 Å². The van der Waals surface area contributed by atoms with Crippen LogP contribution in [0, 0.1) is 11.8 Å². The Labute approximate surface area is 110 Å². The lowest BCUT2D eigenvalue weighted by Gasteiger charge is -2.36. The number of carbonyl (C=O) groups is 1. The highest BCUT2D eigenvalue weighted by Gasteiger charge is 2.47. The van der Waals surface area contributed by atoms with Crippen molar-refractivity contribution in [3.63, 3.8) is 0 Å². The standard InChI is InChI=1S/C14H25N3O/c1-4-15-13-16-12(18)14(17-13)7-5-6-11(9-14)8-10(2)3/h10-11H,4-9H2,1-3H3,(H2,15,16,17,18). The van der Waals surface area contributed by atoms with Crippen LogP contribution in [-0.2, 0) is 4.79 Å². The van der Waals surface area contributed by atoms with Gasteiger partial charge in [0.2, 0.25) is 0 Å². The third-order valence-electron chi connectivity index (χ3n) is 4.00. The number of carbonyl (C=O) groups excluding carboxylic acids is 1. The van der Waals surface area contributed by atoms with Crippen molar-refractivity contribution in [3.8, 4) is 0 Å². The lowest BCUT2D eigenvalue weighted by Crippen LogP contribution is -2.50. The number of rotatable bonds is 3. The molecule has 2 unspecified atom stereocenters. The van der Waals surface area contributed by atoms with E-state index < -0.39 is 0 Å². The second-order valence-electron chi connectivity index (χ2n) is 6.08. The monoisotopic (exact) mass is 251 g/mol. The molecule has 1 spiro atoms. The van der Waals surface area contributed by atoms with E-state index in [2.05, 4.69) is 29.5 Å². The molecule has 4 nitrogen and oxygen atoms in total. The number of nitrogens with zero attached hydrogens (tertiary/aromatic N) is 1. The van der Waals surface area contributed by atoms with Gasteiger partial charge in [-0.15, -0.1) is 0 Å². The molecule has 1 aliphatic carbocycles. The maximum absolute atomic E-state index is 12.2. The van der Waals surface area contributed by atoms with Crippen LogP contribution >= 0.6 is 0 Å². The minimum absolute atomic E-state index is 0.128. The maximum Gasteiger partial charge on any atom is 0.252 e. The molecule has 102 valence electrons. The van der Waals surface area contributed by atoms with Gasteiger partial charge in [-0.1, -0.05) is 26.7 Å². The average molecular weight is 251 g/mol. The van der Waals surface area contributed by atoms with Crippen LogP contribution in [0.25, 0.3) is 0 Å². The Kier molecular flexibility index (Phi) is 3.93. The molecule has 2 aliphatic rings.